The van der Waals surface area contributed by atoms with Crippen molar-refractivity contribution in [1.82, 2.24) is 15.0 Å². The lowest BCUT2D eigenvalue weighted by molar-refractivity contribution is 1.14. The van der Waals surface area contributed by atoms with Gasteiger partial charge in [-0.15, -0.1) is 0 Å². The fourth-order valence-electron chi connectivity index (χ4n) is 2.04. The van der Waals surface area contributed by atoms with Crippen LogP contribution in [0.2, 0.25) is 0 Å². The van der Waals surface area contributed by atoms with Crippen molar-refractivity contribution in [2.45, 2.75) is 6.92 Å². The predicted octanol–water partition coefficient (Wildman–Crippen LogP) is 0.481. The van der Waals surface area contributed by atoms with Crippen LogP contribution in [0.4, 0.5) is 0 Å². The SMILES string of the molecule is C=c1ccnc2c1=C(C)c1ncncc1-2. The zero-order valence-electron chi connectivity index (χ0n) is 8.36. The van der Waals surface area contributed by atoms with Crippen LogP contribution in [0.1, 0.15) is 12.6 Å². The predicted molar refractivity (Wildman–Crippen MR) is 58.2 cm³/mol. The summed E-state index contributed by atoms with van der Waals surface area (Å²) >= 11 is 0. The first-order valence-corrected chi connectivity index (χ1v) is 4.74. The molecule has 15 heavy (non-hydrogen) atoms. The summed E-state index contributed by atoms with van der Waals surface area (Å²) < 4.78 is 0. The maximum absolute atomic E-state index is 4.37. The van der Waals surface area contributed by atoms with Gasteiger partial charge in [-0.2, -0.15) is 0 Å². The van der Waals surface area contributed by atoms with E-state index in [0.717, 1.165) is 33.0 Å². The molecular weight excluding hydrogens is 186 g/mol. The molecule has 0 aromatic carbocycles. The van der Waals surface area contributed by atoms with Crippen LogP contribution >= 0.6 is 0 Å². The van der Waals surface area contributed by atoms with Crippen LogP contribution in [0.15, 0.2) is 24.8 Å². The Labute approximate surface area is 86.9 Å². The second kappa shape index (κ2) is 2.73. The highest BCUT2D eigenvalue weighted by Gasteiger charge is 2.19. The Morgan fingerprint density at radius 3 is 2.93 bits per heavy atom. The molecule has 72 valence electrons. The summed E-state index contributed by atoms with van der Waals surface area (Å²) in [6.07, 6.45) is 5.15. The molecular formula is C12H9N3. The molecule has 0 aliphatic heterocycles. The Morgan fingerprint density at radius 1 is 1.20 bits per heavy atom. The van der Waals surface area contributed by atoms with E-state index >= 15 is 0 Å². The highest BCUT2D eigenvalue weighted by molar-refractivity contribution is 5.84. The molecule has 1 aliphatic rings. The molecule has 0 amide bonds. The van der Waals surface area contributed by atoms with Crippen LogP contribution < -0.4 is 10.4 Å². The number of hydrogen-bond donors (Lipinski definition) is 0. The zero-order valence-corrected chi connectivity index (χ0v) is 8.36. The lowest BCUT2D eigenvalue weighted by Gasteiger charge is -1.97. The van der Waals surface area contributed by atoms with Crippen molar-refractivity contribution in [2.75, 3.05) is 0 Å². The first kappa shape index (κ1) is 8.29. The van der Waals surface area contributed by atoms with Gasteiger partial charge in [0.05, 0.1) is 11.4 Å². The first-order valence-electron chi connectivity index (χ1n) is 4.74. The first-order chi connectivity index (χ1) is 7.29. The van der Waals surface area contributed by atoms with E-state index in [1.165, 1.54) is 0 Å². The molecule has 0 saturated carbocycles. The number of nitrogens with zero attached hydrogens (tertiary/aromatic N) is 3. The van der Waals surface area contributed by atoms with Crippen LogP contribution in [0.25, 0.3) is 23.4 Å². The molecule has 0 spiro atoms. The van der Waals surface area contributed by atoms with Crippen molar-refractivity contribution in [3.8, 4) is 11.3 Å². The van der Waals surface area contributed by atoms with Crippen molar-refractivity contribution >= 4 is 12.2 Å². The van der Waals surface area contributed by atoms with Gasteiger partial charge in [-0.25, -0.2) is 9.97 Å². The van der Waals surface area contributed by atoms with Gasteiger partial charge in [-0.1, -0.05) is 6.58 Å². The molecule has 2 aromatic rings. The van der Waals surface area contributed by atoms with E-state index in [1.807, 2.05) is 19.2 Å². The standard InChI is InChI=1S/C12H9N3/c1-7-3-4-14-12-9-5-13-6-15-11(9)8(2)10(7)12/h3-6H,1H2,2H3. The van der Waals surface area contributed by atoms with Gasteiger partial charge >= 0.3 is 0 Å². The molecule has 0 fully saturated rings. The van der Waals surface area contributed by atoms with E-state index in [2.05, 4.69) is 21.5 Å². The van der Waals surface area contributed by atoms with Crippen LogP contribution in [0.5, 0.6) is 0 Å². The quantitative estimate of drug-likeness (QED) is 0.613. The highest BCUT2D eigenvalue weighted by Crippen LogP contribution is 2.25. The number of aromatic nitrogens is 3. The van der Waals surface area contributed by atoms with E-state index in [1.54, 1.807) is 12.5 Å². The highest BCUT2D eigenvalue weighted by atomic mass is 14.8. The molecule has 2 aromatic heterocycles. The van der Waals surface area contributed by atoms with Gasteiger partial charge in [0.15, 0.2) is 0 Å². The number of rotatable bonds is 0. The Bertz CT molecular complexity index is 659. The van der Waals surface area contributed by atoms with Crippen molar-refractivity contribution in [3.05, 3.63) is 40.9 Å². The van der Waals surface area contributed by atoms with Gasteiger partial charge in [-0.05, 0) is 23.8 Å². The molecule has 2 heterocycles. The molecule has 0 bridgehead atoms. The Morgan fingerprint density at radius 2 is 2.07 bits per heavy atom. The number of hydrogen-bond acceptors (Lipinski definition) is 3. The monoisotopic (exact) mass is 195 g/mol. The second-order valence-corrected chi connectivity index (χ2v) is 3.60. The topological polar surface area (TPSA) is 38.7 Å². The third-order valence-corrected chi connectivity index (χ3v) is 2.73. The molecule has 0 atom stereocenters. The van der Waals surface area contributed by atoms with Gasteiger partial charge in [0.1, 0.15) is 6.33 Å². The van der Waals surface area contributed by atoms with E-state index in [0.29, 0.717) is 0 Å². The second-order valence-electron chi connectivity index (χ2n) is 3.60. The van der Waals surface area contributed by atoms with Gasteiger partial charge in [0.25, 0.3) is 0 Å². The summed E-state index contributed by atoms with van der Waals surface area (Å²) in [6.45, 7) is 6.07. The van der Waals surface area contributed by atoms with Crippen molar-refractivity contribution in [2.24, 2.45) is 0 Å². The van der Waals surface area contributed by atoms with Gasteiger partial charge in [0.2, 0.25) is 0 Å². The Balaban J connectivity index is 2.58. The summed E-state index contributed by atoms with van der Waals surface area (Å²) in [6, 6.07) is 1.92. The summed E-state index contributed by atoms with van der Waals surface area (Å²) in [5.41, 5.74) is 4.08. The van der Waals surface area contributed by atoms with Gasteiger partial charge in [-0.3, -0.25) is 4.98 Å². The lowest BCUT2D eigenvalue weighted by atomic mass is 10.2. The van der Waals surface area contributed by atoms with Crippen molar-refractivity contribution < 1.29 is 0 Å². The minimum absolute atomic E-state index is 0.954. The largest absolute Gasteiger partial charge is 0.255 e. The van der Waals surface area contributed by atoms with E-state index in [-0.39, 0.29) is 0 Å². The lowest BCUT2D eigenvalue weighted by Crippen LogP contribution is -2.25. The maximum Gasteiger partial charge on any atom is 0.116 e. The smallest absolute Gasteiger partial charge is 0.116 e. The summed E-state index contributed by atoms with van der Waals surface area (Å²) in [5.74, 6) is 0. The van der Waals surface area contributed by atoms with Gasteiger partial charge < -0.3 is 0 Å². The summed E-state index contributed by atoms with van der Waals surface area (Å²) in [4.78, 5) is 12.7. The molecule has 0 N–H and O–H groups in total. The fraction of sp³-hybridized carbons (Fsp3) is 0.0833. The van der Waals surface area contributed by atoms with Crippen LogP contribution in [0.3, 0.4) is 0 Å². The van der Waals surface area contributed by atoms with E-state index in [4.69, 9.17) is 0 Å². The Kier molecular flexibility index (Phi) is 1.51. The normalized spacial score (nSPS) is 12.5. The van der Waals surface area contributed by atoms with Crippen molar-refractivity contribution in [1.29, 1.82) is 0 Å². The minimum Gasteiger partial charge on any atom is -0.255 e. The summed E-state index contributed by atoms with van der Waals surface area (Å²) in [7, 11) is 0. The number of fused-ring (bicyclic) bond motifs is 3. The maximum atomic E-state index is 4.37. The summed E-state index contributed by atoms with van der Waals surface area (Å²) in [5, 5.41) is 2.10. The third-order valence-electron chi connectivity index (χ3n) is 2.73. The van der Waals surface area contributed by atoms with E-state index in [9.17, 15) is 0 Å². The molecule has 0 radical (unpaired) electrons. The van der Waals surface area contributed by atoms with Crippen LogP contribution in [0, 0.1) is 0 Å². The minimum atomic E-state index is 0.954. The molecule has 3 nitrogen and oxygen atoms in total. The average Bonchev–Trinajstić information content (AvgIpc) is 2.55. The van der Waals surface area contributed by atoms with E-state index < -0.39 is 0 Å². The third kappa shape index (κ3) is 0.973. The van der Waals surface area contributed by atoms with Gasteiger partial charge in [0, 0.05) is 23.2 Å². The number of pyridine rings is 1. The molecule has 3 rings (SSSR count). The van der Waals surface area contributed by atoms with Crippen LogP contribution in [-0.2, 0) is 0 Å². The van der Waals surface area contributed by atoms with Crippen LogP contribution in [-0.4, -0.2) is 15.0 Å². The molecule has 0 saturated heterocycles. The fourth-order valence-corrected chi connectivity index (χ4v) is 2.04. The van der Waals surface area contributed by atoms with Crippen molar-refractivity contribution in [3.63, 3.8) is 0 Å². The molecule has 0 unspecified atom stereocenters. The molecule has 3 heteroatoms. The average molecular weight is 195 g/mol. The zero-order chi connectivity index (χ0) is 10.4. The molecule has 1 aliphatic carbocycles. The Hall–Kier alpha value is -2.03.